The molecule has 0 atom stereocenters. The molecule has 10 rings (SSSR count). The lowest BCUT2D eigenvalue weighted by Gasteiger charge is -2.28. The molecule has 0 N–H and O–H groups in total. The maximum atomic E-state index is 10.6. The fourth-order valence-corrected chi connectivity index (χ4v) is 7.99. The van der Waals surface area contributed by atoms with Gasteiger partial charge in [-0.05, 0) is 92.8 Å². The van der Waals surface area contributed by atoms with Crippen molar-refractivity contribution in [2.24, 2.45) is 0 Å². The number of hydrogen-bond acceptors (Lipinski definition) is 7. The molecule has 0 radical (unpaired) electrons. The lowest BCUT2D eigenvalue weighted by atomic mass is 9.91. The first-order valence-electron chi connectivity index (χ1n) is 18.9. The average Bonchev–Trinajstić information content (AvgIpc) is 3.30. The van der Waals surface area contributed by atoms with Crippen molar-refractivity contribution < 1.29 is 0 Å². The lowest BCUT2D eigenvalue weighted by molar-refractivity contribution is 1.12. The second-order valence-corrected chi connectivity index (χ2v) is 13.9. The van der Waals surface area contributed by atoms with E-state index in [-0.39, 0.29) is 0 Å². The van der Waals surface area contributed by atoms with Gasteiger partial charge < -0.3 is 0 Å². The molecule has 3 aromatic heterocycles. The van der Waals surface area contributed by atoms with E-state index in [4.69, 9.17) is 15.0 Å². The van der Waals surface area contributed by atoms with Gasteiger partial charge in [0, 0.05) is 34.9 Å². The zero-order valence-electron chi connectivity index (χ0n) is 31.0. The highest BCUT2D eigenvalue weighted by atomic mass is 15.2. The van der Waals surface area contributed by atoms with Gasteiger partial charge in [-0.25, -0.2) is 15.0 Å². The van der Waals surface area contributed by atoms with Crippen LogP contribution in [0.5, 0.6) is 0 Å². The summed E-state index contributed by atoms with van der Waals surface area (Å²) in [6, 6.07) is 61.5. The Morgan fingerprint density at radius 1 is 0.397 bits per heavy atom. The van der Waals surface area contributed by atoms with Crippen LogP contribution < -0.4 is 9.80 Å². The van der Waals surface area contributed by atoms with Crippen molar-refractivity contribution >= 4 is 66.8 Å². The topological polar surface area (TPSA) is 92.7 Å². The Bertz CT molecular complexity index is 2970. The second-order valence-electron chi connectivity index (χ2n) is 13.9. The van der Waals surface area contributed by atoms with Gasteiger partial charge >= 0.3 is 0 Å². The molecule has 0 saturated carbocycles. The highest BCUT2D eigenvalue weighted by molar-refractivity contribution is 6.28. The van der Waals surface area contributed by atoms with Crippen LogP contribution >= 0.6 is 0 Å². The SMILES string of the molecule is N#Cc1cc(-c2ccccc2)ccc1N(c1ccccn1)c1ccc2ccc3c(N(c4ccccn4)c4ncc(-c5ccccc5)cc4C#N)ccc4ccc1c2c43. The number of nitriles is 2. The number of anilines is 6. The molecule has 7 nitrogen and oxygen atoms in total. The molecule has 0 spiro atoms. The molecular formula is C51H31N7. The van der Waals surface area contributed by atoms with E-state index in [1.54, 1.807) is 12.4 Å². The highest BCUT2D eigenvalue weighted by Crippen LogP contribution is 2.48. The molecule has 0 saturated heterocycles. The van der Waals surface area contributed by atoms with Crippen LogP contribution in [0, 0.1) is 22.7 Å². The van der Waals surface area contributed by atoms with Crippen molar-refractivity contribution in [3.63, 3.8) is 0 Å². The van der Waals surface area contributed by atoms with E-state index in [0.29, 0.717) is 28.6 Å². The van der Waals surface area contributed by atoms with Crippen LogP contribution in [0.15, 0.2) is 188 Å². The molecule has 0 fully saturated rings. The number of benzene rings is 7. The molecule has 58 heavy (non-hydrogen) atoms. The molecule has 10 aromatic rings. The van der Waals surface area contributed by atoms with E-state index >= 15 is 0 Å². The zero-order chi connectivity index (χ0) is 39.0. The van der Waals surface area contributed by atoms with Gasteiger partial charge in [-0.1, -0.05) is 115 Å². The van der Waals surface area contributed by atoms with E-state index in [0.717, 1.165) is 71.6 Å². The molecule has 0 unspecified atom stereocenters. The van der Waals surface area contributed by atoms with E-state index in [1.807, 2.05) is 126 Å². The van der Waals surface area contributed by atoms with E-state index in [9.17, 15) is 10.5 Å². The van der Waals surface area contributed by atoms with Crippen LogP contribution in [0.1, 0.15) is 11.1 Å². The van der Waals surface area contributed by atoms with Crippen LogP contribution in [0.25, 0.3) is 54.6 Å². The molecule has 3 heterocycles. The van der Waals surface area contributed by atoms with Gasteiger partial charge in [0.2, 0.25) is 0 Å². The van der Waals surface area contributed by atoms with Gasteiger partial charge in [0.1, 0.15) is 23.8 Å². The van der Waals surface area contributed by atoms with Gasteiger partial charge in [-0.3, -0.25) is 9.80 Å². The average molecular weight is 742 g/mol. The van der Waals surface area contributed by atoms with Gasteiger partial charge in [-0.2, -0.15) is 10.5 Å². The van der Waals surface area contributed by atoms with Crippen molar-refractivity contribution in [3.05, 3.63) is 200 Å². The summed E-state index contributed by atoms with van der Waals surface area (Å²) in [6.07, 6.45) is 5.35. The minimum atomic E-state index is 0.428. The van der Waals surface area contributed by atoms with Crippen LogP contribution in [-0.4, -0.2) is 15.0 Å². The summed E-state index contributed by atoms with van der Waals surface area (Å²) in [5, 5.41) is 27.5. The third-order valence-electron chi connectivity index (χ3n) is 10.6. The van der Waals surface area contributed by atoms with E-state index in [1.165, 1.54) is 0 Å². The van der Waals surface area contributed by atoms with Crippen LogP contribution in [-0.2, 0) is 0 Å². The largest absolute Gasteiger partial charge is 0.293 e. The Morgan fingerprint density at radius 2 is 0.897 bits per heavy atom. The molecule has 0 aliphatic rings. The predicted molar refractivity (Wildman–Crippen MR) is 233 cm³/mol. The molecule has 0 aliphatic heterocycles. The minimum Gasteiger partial charge on any atom is -0.293 e. The number of rotatable bonds is 8. The Morgan fingerprint density at radius 3 is 1.47 bits per heavy atom. The fourth-order valence-electron chi connectivity index (χ4n) is 7.99. The third kappa shape index (κ3) is 5.79. The highest BCUT2D eigenvalue weighted by Gasteiger charge is 2.25. The summed E-state index contributed by atoms with van der Waals surface area (Å²) in [5.74, 6) is 1.82. The maximum absolute atomic E-state index is 10.6. The number of aromatic nitrogens is 3. The maximum Gasteiger partial charge on any atom is 0.156 e. The minimum absolute atomic E-state index is 0.428. The van der Waals surface area contributed by atoms with Crippen molar-refractivity contribution in [1.82, 2.24) is 15.0 Å². The van der Waals surface area contributed by atoms with Crippen molar-refractivity contribution in [2.75, 3.05) is 9.80 Å². The Labute approximate surface area is 334 Å². The fraction of sp³-hybridized carbons (Fsp3) is 0. The zero-order valence-corrected chi connectivity index (χ0v) is 31.0. The first kappa shape index (κ1) is 34.1. The Hall–Kier alpha value is -8.39. The summed E-state index contributed by atoms with van der Waals surface area (Å²) in [6.45, 7) is 0. The summed E-state index contributed by atoms with van der Waals surface area (Å²) in [5.41, 5.74) is 7.26. The second kappa shape index (κ2) is 14.4. The van der Waals surface area contributed by atoms with Gasteiger partial charge in [0.05, 0.1) is 28.2 Å². The van der Waals surface area contributed by atoms with Crippen LogP contribution in [0.4, 0.5) is 34.5 Å². The summed E-state index contributed by atoms with van der Waals surface area (Å²) < 4.78 is 0. The van der Waals surface area contributed by atoms with Crippen molar-refractivity contribution in [1.29, 1.82) is 10.5 Å². The van der Waals surface area contributed by atoms with Gasteiger partial charge in [-0.15, -0.1) is 0 Å². The van der Waals surface area contributed by atoms with E-state index < -0.39 is 0 Å². The summed E-state index contributed by atoms with van der Waals surface area (Å²) in [4.78, 5) is 18.6. The molecule has 270 valence electrons. The molecule has 7 aromatic carbocycles. The predicted octanol–water partition coefficient (Wildman–Crippen LogP) is 12.8. The standard InChI is InChI=1S/C51H31N7/c52-31-39-29-38(34-11-3-1-4-12-34)21-24-44(39)57(47-15-7-9-27-54-47)45-25-19-36-18-23-43-46(26-20-37-17-22-42(45)49(36)50(37)43)58(48-16-8-10-28-55-48)51-40(32-53)30-41(33-56-51)35-13-5-2-6-14-35/h1-30,33H. The monoisotopic (exact) mass is 741 g/mol. The van der Waals surface area contributed by atoms with Gasteiger partial charge in [0.25, 0.3) is 0 Å². The van der Waals surface area contributed by atoms with Crippen LogP contribution in [0.2, 0.25) is 0 Å². The summed E-state index contributed by atoms with van der Waals surface area (Å²) in [7, 11) is 0. The quantitative estimate of drug-likeness (QED) is 0.143. The third-order valence-corrected chi connectivity index (χ3v) is 10.6. The molecule has 0 bridgehead atoms. The van der Waals surface area contributed by atoms with Crippen molar-refractivity contribution in [3.8, 4) is 34.4 Å². The first-order valence-corrected chi connectivity index (χ1v) is 18.9. The molecule has 0 aliphatic carbocycles. The molecular weight excluding hydrogens is 711 g/mol. The number of hydrogen-bond donors (Lipinski definition) is 0. The number of nitrogens with zero attached hydrogens (tertiary/aromatic N) is 7. The van der Waals surface area contributed by atoms with Crippen molar-refractivity contribution in [2.45, 2.75) is 0 Å². The Balaban J connectivity index is 1.19. The lowest BCUT2D eigenvalue weighted by Crippen LogP contribution is -2.15. The first-order chi connectivity index (χ1) is 28.7. The number of pyridine rings is 3. The van der Waals surface area contributed by atoms with Crippen LogP contribution in [0.3, 0.4) is 0 Å². The smallest absolute Gasteiger partial charge is 0.156 e. The Kier molecular flexibility index (Phi) is 8.45. The van der Waals surface area contributed by atoms with E-state index in [2.05, 4.69) is 71.6 Å². The normalized spacial score (nSPS) is 11.1. The van der Waals surface area contributed by atoms with Gasteiger partial charge in [0.15, 0.2) is 5.82 Å². The summed E-state index contributed by atoms with van der Waals surface area (Å²) >= 11 is 0. The molecule has 0 amide bonds. The molecule has 7 heteroatoms.